The topological polar surface area (TPSA) is 38.0 Å². The zero-order chi connectivity index (χ0) is 5.11. The van der Waals surface area contributed by atoms with Crippen molar-refractivity contribution >= 4 is 0 Å². The fourth-order valence-corrected chi connectivity index (χ4v) is 0.440. The van der Waals surface area contributed by atoms with Crippen LogP contribution in [0.3, 0.4) is 0 Å². The molecule has 0 aliphatic carbocycles. The van der Waals surface area contributed by atoms with E-state index in [1.165, 1.54) is 0 Å². The first-order chi connectivity index (χ1) is 3.39. The highest BCUT2D eigenvalue weighted by atomic mass is 14.8. The average Bonchev–Trinajstić information content (AvgIpc) is 1.69. The normalized spacial score (nSPS) is 18.0. The van der Waals surface area contributed by atoms with Crippen LogP contribution in [0, 0.1) is 6.20 Å². The van der Waals surface area contributed by atoms with Gasteiger partial charge in [-0.3, -0.25) is 0 Å². The highest BCUT2D eigenvalue weighted by Gasteiger charge is 1.85. The van der Waals surface area contributed by atoms with Gasteiger partial charge >= 0.3 is 0 Å². The largest absolute Gasteiger partial charge is 0.397 e. The van der Waals surface area contributed by atoms with E-state index in [0.717, 1.165) is 6.54 Å². The van der Waals surface area contributed by atoms with Crippen LogP contribution in [-0.2, 0) is 0 Å². The zero-order valence-corrected chi connectivity index (χ0v) is 3.94. The first-order valence-electron chi connectivity index (χ1n) is 2.17. The van der Waals surface area contributed by atoms with Crippen molar-refractivity contribution in [2.75, 3.05) is 6.54 Å². The molecule has 1 aliphatic heterocycles. The van der Waals surface area contributed by atoms with Gasteiger partial charge in [0.2, 0.25) is 0 Å². The van der Waals surface area contributed by atoms with Crippen molar-refractivity contribution in [3.05, 3.63) is 24.0 Å². The Balaban J connectivity index is 2.58. The summed E-state index contributed by atoms with van der Waals surface area (Å²) in [4.78, 5) is 0. The molecular weight excluding hydrogens is 88.1 g/mol. The summed E-state index contributed by atoms with van der Waals surface area (Å²) in [6.45, 7) is 0.848. The van der Waals surface area contributed by atoms with Crippen molar-refractivity contribution in [2.45, 2.75) is 0 Å². The van der Waals surface area contributed by atoms with Gasteiger partial charge in [-0.25, -0.2) is 0 Å². The van der Waals surface area contributed by atoms with Crippen LogP contribution in [0.15, 0.2) is 17.8 Å². The zero-order valence-electron chi connectivity index (χ0n) is 3.94. The second kappa shape index (κ2) is 1.69. The van der Waals surface area contributed by atoms with E-state index in [1.807, 2.05) is 12.2 Å². The van der Waals surface area contributed by atoms with E-state index in [2.05, 4.69) is 11.5 Å². The van der Waals surface area contributed by atoms with Crippen molar-refractivity contribution in [2.24, 2.45) is 5.73 Å². The molecule has 2 nitrogen and oxygen atoms in total. The lowest BCUT2D eigenvalue weighted by Gasteiger charge is -1.99. The third-order valence-electron chi connectivity index (χ3n) is 0.750. The third kappa shape index (κ3) is 0.961. The van der Waals surface area contributed by atoms with E-state index >= 15 is 0 Å². The molecule has 0 saturated carbocycles. The molecule has 0 amide bonds. The summed E-state index contributed by atoms with van der Waals surface area (Å²) in [6, 6.07) is 0. The van der Waals surface area contributed by atoms with Gasteiger partial charge in [-0.05, 0) is 6.08 Å². The van der Waals surface area contributed by atoms with Gasteiger partial charge in [0.25, 0.3) is 0 Å². The molecule has 1 heterocycles. The minimum Gasteiger partial charge on any atom is -0.397 e. The molecule has 0 fully saturated rings. The number of hydrogen-bond acceptors (Lipinski definition) is 2. The van der Waals surface area contributed by atoms with Crippen LogP contribution in [-0.4, -0.2) is 6.54 Å². The molecule has 7 heavy (non-hydrogen) atoms. The van der Waals surface area contributed by atoms with Crippen LogP contribution in [0.5, 0.6) is 0 Å². The number of allylic oxidation sites excluding steroid dienone is 1. The van der Waals surface area contributed by atoms with Crippen molar-refractivity contribution in [1.82, 2.24) is 5.32 Å². The molecule has 0 unspecified atom stereocenters. The van der Waals surface area contributed by atoms with Gasteiger partial charge in [-0.15, -0.1) is 0 Å². The van der Waals surface area contributed by atoms with Gasteiger partial charge in [0.1, 0.15) is 0 Å². The molecule has 0 atom stereocenters. The highest BCUT2D eigenvalue weighted by Crippen LogP contribution is 1.86. The smallest absolute Gasteiger partial charge is 0.0833 e. The quantitative estimate of drug-likeness (QED) is 0.435. The monoisotopic (exact) mass is 95.1 g/mol. The summed E-state index contributed by atoms with van der Waals surface area (Å²) in [5, 5.41) is 2.84. The van der Waals surface area contributed by atoms with E-state index in [4.69, 9.17) is 5.73 Å². The van der Waals surface area contributed by atoms with Crippen molar-refractivity contribution in [3.8, 4) is 0 Å². The predicted molar refractivity (Wildman–Crippen MR) is 28.1 cm³/mol. The Kier molecular flexibility index (Phi) is 1.02. The molecule has 1 radical (unpaired) electrons. The minimum atomic E-state index is 0.672. The number of dihydropyridines is 1. The maximum absolute atomic E-state index is 5.29. The van der Waals surface area contributed by atoms with Gasteiger partial charge in [-0.1, -0.05) is 6.08 Å². The molecule has 2 heteroatoms. The summed E-state index contributed by atoms with van der Waals surface area (Å²) in [6.07, 6.45) is 6.52. The Morgan fingerprint density at radius 1 is 1.86 bits per heavy atom. The van der Waals surface area contributed by atoms with E-state index in [0.29, 0.717) is 5.70 Å². The lowest BCUT2D eigenvalue weighted by atomic mass is 10.3. The molecule has 0 spiro atoms. The Labute approximate surface area is 42.7 Å². The van der Waals surface area contributed by atoms with Crippen LogP contribution in [0.2, 0.25) is 0 Å². The molecule has 0 bridgehead atoms. The van der Waals surface area contributed by atoms with E-state index < -0.39 is 0 Å². The number of hydrogen-bond donors (Lipinski definition) is 2. The van der Waals surface area contributed by atoms with Crippen molar-refractivity contribution in [3.63, 3.8) is 0 Å². The summed E-state index contributed by atoms with van der Waals surface area (Å²) in [7, 11) is 0. The number of nitrogens with two attached hydrogens (primary N) is 1. The minimum absolute atomic E-state index is 0.672. The number of nitrogens with one attached hydrogen (secondary N) is 1. The lowest BCUT2D eigenvalue weighted by molar-refractivity contribution is 0.918. The van der Waals surface area contributed by atoms with Gasteiger partial charge in [0.05, 0.1) is 11.9 Å². The second-order valence-electron chi connectivity index (χ2n) is 1.36. The Morgan fingerprint density at radius 3 is 3.00 bits per heavy atom. The molecule has 0 aromatic rings. The predicted octanol–water partition coefficient (Wildman–Crippen LogP) is -0.251. The highest BCUT2D eigenvalue weighted by molar-refractivity contribution is 5.14. The number of rotatable bonds is 0. The maximum atomic E-state index is 5.29. The summed E-state index contributed by atoms with van der Waals surface area (Å²) in [5.41, 5.74) is 5.96. The Morgan fingerprint density at radius 2 is 2.71 bits per heavy atom. The second-order valence-corrected chi connectivity index (χ2v) is 1.36. The fraction of sp³-hybridized carbons (Fsp3) is 0.200. The Bertz CT molecular complexity index is 113. The Hall–Kier alpha value is -0.920. The van der Waals surface area contributed by atoms with Gasteiger partial charge in [0.15, 0.2) is 0 Å². The van der Waals surface area contributed by atoms with E-state index in [9.17, 15) is 0 Å². The van der Waals surface area contributed by atoms with Crippen LogP contribution < -0.4 is 11.1 Å². The first-order valence-corrected chi connectivity index (χ1v) is 2.17. The SMILES string of the molecule is NC1=[C]NCC=C1. The molecule has 0 saturated heterocycles. The van der Waals surface area contributed by atoms with Crippen LogP contribution in [0.25, 0.3) is 0 Å². The summed E-state index contributed by atoms with van der Waals surface area (Å²) in [5.74, 6) is 0. The molecule has 0 aromatic carbocycles. The summed E-state index contributed by atoms with van der Waals surface area (Å²) < 4.78 is 0. The molecule has 1 rings (SSSR count). The van der Waals surface area contributed by atoms with Crippen LogP contribution in [0.4, 0.5) is 0 Å². The van der Waals surface area contributed by atoms with Crippen LogP contribution in [0.1, 0.15) is 0 Å². The van der Waals surface area contributed by atoms with E-state index in [-0.39, 0.29) is 0 Å². The lowest BCUT2D eigenvalue weighted by Crippen LogP contribution is -2.13. The maximum Gasteiger partial charge on any atom is 0.0833 e. The van der Waals surface area contributed by atoms with Gasteiger partial charge < -0.3 is 11.1 Å². The molecular formula is C5H7N2. The summed E-state index contributed by atoms with van der Waals surface area (Å²) >= 11 is 0. The first kappa shape index (κ1) is 4.24. The van der Waals surface area contributed by atoms with Crippen molar-refractivity contribution in [1.29, 1.82) is 0 Å². The van der Waals surface area contributed by atoms with Crippen LogP contribution >= 0.6 is 0 Å². The standard InChI is InChI=1S/C5H7N2/c6-5-2-1-3-7-4-5/h1-2,7H,3,6H2. The molecule has 3 N–H and O–H groups in total. The van der Waals surface area contributed by atoms with Crippen molar-refractivity contribution < 1.29 is 0 Å². The van der Waals surface area contributed by atoms with Gasteiger partial charge in [0, 0.05) is 6.54 Å². The third-order valence-corrected chi connectivity index (χ3v) is 0.750. The molecule has 1 aliphatic rings. The molecule has 0 aromatic heterocycles. The molecule has 37 valence electrons. The average molecular weight is 95.1 g/mol. The van der Waals surface area contributed by atoms with Gasteiger partial charge in [-0.2, -0.15) is 0 Å². The fourth-order valence-electron chi connectivity index (χ4n) is 0.440. The van der Waals surface area contributed by atoms with E-state index in [1.54, 1.807) is 0 Å².